The Morgan fingerprint density at radius 2 is 1.96 bits per heavy atom. The van der Waals surface area contributed by atoms with Crippen LogP contribution in [0.3, 0.4) is 0 Å². The number of amides is 1. The van der Waals surface area contributed by atoms with E-state index in [1.807, 2.05) is 20.8 Å². The second-order valence-corrected chi connectivity index (χ2v) is 7.57. The van der Waals surface area contributed by atoms with Crippen molar-refractivity contribution in [2.45, 2.75) is 26.4 Å². The van der Waals surface area contributed by atoms with Gasteiger partial charge in [0, 0.05) is 32.2 Å². The van der Waals surface area contributed by atoms with Crippen molar-refractivity contribution in [3.05, 3.63) is 24.0 Å². The van der Waals surface area contributed by atoms with E-state index < -0.39 is 5.60 Å². The third-order valence-corrected chi connectivity index (χ3v) is 4.64. The predicted molar refractivity (Wildman–Crippen MR) is 89.6 cm³/mol. The molecule has 1 aliphatic rings. The van der Waals surface area contributed by atoms with Crippen molar-refractivity contribution in [2.75, 3.05) is 31.1 Å². The molecule has 1 aliphatic heterocycles. The lowest BCUT2D eigenvalue weighted by Crippen LogP contribution is -2.50. The van der Waals surface area contributed by atoms with E-state index in [1.165, 1.54) is 12.1 Å². The molecule has 2 aromatic rings. The molecule has 7 heteroatoms. The summed E-state index contributed by atoms with van der Waals surface area (Å²) < 4.78 is 19.6. The largest absolute Gasteiger partial charge is 0.444 e. The van der Waals surface area contributed by atoms with E-state index in [0.29, 0.717) is 31.7 Å². The zero-order chi connectivity index (χ0) is 16.6. The summed E-state index contributed by atoms with van der Waals surface area (Å²) in [6, 6.07) is 4.65. The van der Waals surface area contributed by atoms with Crippen molar-refractivity contribution in [3.63, 3.8) is 0 Å². The molecule has 1 saturated heterocycles. The molecule has 1 aromatic carbocycles. The lowest BCUT2D eigenvalue weighted by atomic mass is 10.2. The molecule has 0 bridgehead atoms. The van der Waals surface area contributed by atoms with Gasteiger partial charge in [0.15, 0.2) is 5.13 Å². The first-order valence-corrected chi connectivity index (χ1v) is 8.42. The Morgan fingerprint density at radius 3 is 2.61 bits per heavy atom. The van der Waals surface area contributed by atoms with E-state index in [1.54, 1.807) is 22.3 Å². The predicted octanol–water partition coefficient (Wildman–Crippen LogP) is 3.49. The molecule has 5 nitrogen and oxygen atoms in total. The third-order valence-electron chi connectivity index (χ3n) is 3.54. The topological polar surface area (TPSA) is 45.7 Å². The lowest BCUT2D eigenvalue weighted by molar-refractivity contribution is 0.0240. The number of benzene rings is 1. The summed E-state index contributed by atoms with van der Waals surface area (Å²) in [7, 11) is 0. The minimum Gasteiger partial charge on any atom is -0.444 e. The zero-order valence-electron chi connectivity index (χ0n) is 13.5. The van der Waals surface area contributed by atoms with Crippen LogP contribution in [0.2, 0.25) is 0 Å². The molecule has 0 N–H and O–H groups in total. The highest BCUT2D eigenvalue weighted by atomic mass is 32.1. The molecule has 1 aromatic heterocycles. The average molecular weight is 337 g/mol. The standard InChI is InChI=1S/C16H20FN3O2S/c1-16(2,3)22-15(21)20-8-6-19(7-9-20)14-18-12-10-11(17)4-5-13(12)23-14/h4-5,10H,6-9H2,1-3H3. The van der Waals surface area contributed by atoms with Crippen molar-refractivity contribution in [1.82, 2.24) is 9.88 Å². The van der Waals surface area contributed by atoms with Gasteiger partial charge < -0.3 is 14.5 Å². The lowest BCUT2D eigenvalue weighted by Gasteiger charge is -2.35. The molecule has 0 radical (unpaired) electrons. The minimum atomic E-state index is -0.481. The van der Waals surface area contributed by atoms with Gasteiger partial charge in [0.2, 0.25) is 0 Å². The Hall–Kier alpha value is -1.89. The van der Waals surface area contributed by atoms with Crippen molar-refractivity contribution in [3.8, 4) is 0 Å². The van der Waals surface area contributed by atoms with E-state index in [4.69, 9.17) is 4.74 Å². The summed E-state index contributed by atoms with van der Waals surface area (Å²) in [6.45, 7) is 8.17. The maximum Gasteiger partial charge on any atom is 0.410 e. The minimum absolute atomic E-state index is 0.274. The Kier molecular flexibility index (Phi) is 4.14. The van der Waals surface area contributed by atoms with Crippen LogP contribution in [0.1, 0.15) is 20.8 Å². The maximum atomic E-state index is 13.3. The van der Waals surface area contributed by atoms with Gasteiger partial charge in [-0.05, 0) is 32.9 Å². The quantitative estimate of drug-likeness (QED) is 0.799. The SMILES string of the molecule is CC(C)(C)OC(=O)N1CCN(c2nc3cc(F)ccc3s2)CC1. The number of halogens is 1. The highest BCUT2D eigenvalue weighted by Gasteiger charge is 2.26. The molecule has 2 heterocycles. The molecule has 1 amide bonds. The number of rotatable bonds is 1. The Labute approximate surface area is 138 Å². The van der Waals surface area contributed by atoms with E-state index >= 15 is 0 Å². The fraction of sp³-hybridized carbons (Fsp3) is 0.500. The van der Waals surface area contributed by atoms with Gasteiger partial charge in [-0.3, -0.25) is 0 Å². The number of fused-ring (bicyclic) bond motifs is 1. The molecule has 0 saturated carbocycles. The van der Waals surface area contributed by atoms with Crippen molar-refractivity contribution >= 4 is 32.8 Å². The molecule has 0 spiro atoms. The molecule has 0 unspecified atom stereocenters. The Morgan fingerprint density at radius 1 is 1.26 bits per heavy atom. The van der Waals surface area contributed by atoms with Crippen LogP contribution in [0.15, 0.2) is 18.2 Å². The van der Waals surface area contributed by atoms with E-state index in [2.05, 4.69) is 9.88 Å². The smallest absolute Gasteiger partial charge is 0.410 e. The number of ether oxygens (including phenoxy) is 1. The third kappa shape index (κ3) is 3.72. The van der Waals surface area contributed by atoms with Gasteiger partial charge in [-0.15, -0.1) is 0 Å². The van der Waals surface area contributed by atoms with Gasteiger partial charge in [0.25, 0.3) is 0 Å². The fourth-order valence-electron chi connectivity index (χ4n) is 2.43. The molecular weight excluding hydrogens is 317 g/mol. The van der Waals surface area contributed by atoms with Crippen LogP contribution in [0.5, 0.6) is 0 Å². The summed E-state index contributed by atoms with van der Waals surface area (Å²) in [5, 5.41) is 0.870. The van der Waals surface area contributed by atoms with Gasteiger partial charge >= 0.3 is 6.09 Å². The molecule has 0 aliphatic carbocycles. The maximum absolute atomic E-state index is 13.3. The van der Waals surface area contributed by atoms with E-state index in [0.717, 1.165) is 9.83 Å². The van der Waals surface area contributed by atoms with Crippen LogP contribution in [0, 0.1) is 5.82 Å². The molecule has 3 rings (SSSR count). The van der Waals surface area contributed by atoms with Crippen LogP contribution in [0.4, 0.5) is 14.3 Å². The van der Waals surface area contributed by atoms with Crippen molar-refractivity contribution in [1.29, 1.82) is 0 Å². The van der Waals surface area contributed by atoms with Crippen LogP contribution < -0.4 is 4.90 Å². The summed E-state index contributed by atoms with van der Waals surface area (Å²) in [5.41, 5.74) is 0.199. The van der Waals surface area contributed by atoms with Gasteiger partial charge in [0.1, 0.15) is 11.4 Å². The zero-order valence-corrected chi connectivity index (χ0v) is 14.3. The number of carbonyl (C=O) groups excluding carboxylic acids is 1. The molecule has 1 fully saturated rings. The summed E-state index contributed by atoms with van der Waals surface area (Å²) >= 11 is 1.55. The van der Waals surface area contributed by atoms with Crippen molar-refractivity contribution < 1.29 is 13.9 Å². The second kappa shape index (κ2) is 5.96. The number of hydrogen-bond acceptors (Lipinski definition) is 5. The Balaban J connectivity index is 1.65. The highest BCUT2D eigenvalue weighted by molar-refractivity contribution is 7.22. The fourth-order valence-corrected chi connectivity index (χ4v) is 3.43. The summed E-state index contributed by atoms with van der Waals surface area (Å²) in [6.07, 6.45) is -0.275. The monoisotopic (exact) mass is 337 g/mol. The normalized spacial score (nSPS) is 16.0. The van der Waals surface area contributed by atoms with Gasteiger partial charge in [-0.25, -0.2) is 14.2 Å². The molecular formula is C16H20FN3O2S. The van der Waals surface area contributed by atoms with E-state index in [-0.39, 0.29) is 11.9 Å². The van der Waals surface area contributed by atoms with E-state index in [9.17, 15) is 9.18 Å². The number of piperazine rings is 1. The average Bonchev–Trinajstić information content (AvgIpc) is 2.88. The number of carbonyl (C=O) groups is 1. The van der Waals surface area contributed by atoms with Crippen LogP contribution >= 0.6 is 11.3 Å². The molecule has 124 valence electrons. The van der Waals surface area contributed by atoms with Crippen LogP contribution in [-0.4, -0.2) is 47.8 Å². The Bertz CT molecular complexity index is 718. The molecule has 23 heavy (non-hydrogen) atoms. The number of anilines is 1. The highest BCUT2D eigenvalue weighted by Crippen LogP contribution is 2.29. The first kappa shape index (κ1) is 16.0. The number of nitrogens with zero attached hydrogens (tertiary/aromatic N) is 3. The summed E-state index contributed by atoms with van der Waals surface area (Å²) in [4.78, 5) is 20.4. The van der Waals surface area contributed by atoms with Crippen LogP contribution in [-0.2, 0) is 4.74 Å². The molecule has 0 atom stereocenters. The number of aromatic nitrogens is 1. The van der Waals surface area contributed by atoms with Crippen molar-refractivity contribution in [2.24, 2.45) is 0 Å². The van der Waals surface area contributed by atoms with Gasteiger partial charge in [-0.1, -0.05) is 11.3 Å². The van der Waals surface area contributed by atoms with Gasteiger partial charge in [0.05, 0.1) is 10.2 Å². The number of thiazole rings is 1. The first-order valence-electron chi connectivity index (χ1n) is 7.61. The second-order valence-electron chi connectivity index (χ2n) is 6.56. The van der Waals surface area contributed by atoms with Crippen LogP contribution in [0.25, 0.3) is 10.2 Å². The van der Waals surface area contributed by atoms with Gasteiger partial charge in [-0.2, -0.15) is 0 Å². The number of hydrogen-bond donors (Lipinski definition) is 0. The summed E-state index contributed by atoms with van der Waals surface area (Å²) in [5.74, 6) is -0.274. The first-order chi connectivity index (χ1) is 10.8.